The highest BCUT2D eigenvalue weighted by Crippen LogP contribution is 2.20. The molecule has 1 aliphatic heterocycles. The quantitative estimate of drug-likeness (QED) is 0.678. The van der Waals surface area contributed by atoms with E-state index in [-0.39, 0.29) is 6.29 Å². The number of rotatable bonds is 4. The van der Waals surface area contributed by atoms with Crippen molar-refractivity contribution in [1.29, 1.82) is 0 Å². The van der Waals surface area contributed by atoms with Crippen LogP contribution in [0, 0.1) is 0 Å². The van der Waals surface area contributed by atoms with Gasteiger partial charge >= 0.3 is 6.09 Å². The van der Waals surface area contributed by atoms with Crippen LogP contribution in [0.5, 0.6) is 0 Å². The van der Waals surface area contributed by atoms with Gasteiger partial charge in [0.25, 0.3) is 6.29 Å². The Labute approximate surface area is 106 Å². The first kappa shape index (κ1) is 12.4. The Kier molecular flexibility index (Phi) is 3.47. The third-order valence-corrected chi connectivity index (χ3v) is 2.87. The van der Waals surface area contributed by atoms with E-state index in [2.05, 4.69) is 20.1 Å². The maximum atomic E-state index is 10.5. The Morgan fingerprint density at radius 1 is 1.56 bits per heavy atom. The molecule has 6 nitrogen and oxygen atoms in total. The van der Waals surface area contributed by atoms with Gasteiger partial charge in [-0.05, 0) is 24.7 Å². The highest BCUT2D eigenvalue weighted by molar-refractivity contribution is 5.79. The van der Waals surface area contributed by atoms with E-state index in [9.17, 15) is 4.79 Å². The molecular weight excluding hydrogens is 232 g/mol. The zero-order valence-corrected chi connectivity index (χ0v) is 10.4. The third kappa shape index (κ3) is 2.43. The van der Waals surface area contributed by atoms with Crippen molar-refractivity contribution in [2.75, 3.05) is 19.0 Å². The predicted octanol–water partition coefficient (Wildman–Crippen LogP) is 0.448. The number of hydrogen-bond donors (Lipinski definition) is 3. The summed E-state index contributed by atoms with van der Waals surface area (Å²) in [5.41, 5.74) is 1.98. The first-order valence-electron chi connectivity index (χ1n) is 5.70. The minimum atomic E-state index is -1.01. The molecule has 0 saturated heterocycles. The lowest BCUT2D eigenvalue weighted by atomic mass is 10.2. The lowest BCUT2D eigenvalue weighted by Crippen LogP contribution is -2.60. The van der Waals surface area contributed by atoms with E-state index < -0.39 is 6.09 Å². The summed E-state index contributed by atoms with van der Waals surface area (Å²) < 4.78 is 2.06. The fraction of sp³-hybridized carbons (Fsp3) is 0.333. The van der Waals surface area contributed by atoms with E-state index in [4.69, 9.17) is 5.11 Å². The van der Waals surface area contributed by atoms with Gasteiger partial charge in [0.15, 0.2) is 0 Å². The molecule has 1 amide bonds. The van der Waals surface area contributed by atoms with Gasteiger partial charge in [-0.2, -0.15) is 4.90 Å². The van der Waals surface area contributed by atoms with Crippen LogP contribution in [-0.2, 0) is 6.54 Å². The molecule has 0 fully saturated rings. The van der Waals surface area contributed by atoms with Crippen LogP contribution in [0.2, 0.25) is 0 Å². The second kappa shape index (κ2) is 5.05. The summed E-state index contributed by atoms with van der Waals surface area (Å²) in [6, 6.07) is 7.80. The molecule has 6 heteroatoms. The van der Waals surface area contributed by atoms with Crippen LogP contribution in [0.25, 0.3) is 0 Å². The van der Waals surface area contributed by atoms with Crippen molar-refractivity contribution in [2.45, 2.75) is 12.8 Å². The van der Waals surface area contributed by atoms with Gasteiger partial charge in [-0.25, -0.2) is 14.7 Å². The average molecular weight is 249 g/mol. The van der Waals surface area contributed by atoms with Crippen molar-refractivity contribution in [3.05, 3.63) is 29.8 Å². The monoisotopic (exact) mass is 249 g/mol. The Morgan fingerprint density at radius 2 is 2.33 bits per heavy atom. The van der Waals surface area contributed by atoms with E-state index in [1.165, 1.54) is 0 Å². The van der Waals surface area contributed by atoms with E-state index in [0.717, 1.165) is 11.3 Å². The largest absolute Gasteiger partial charge is 0.465 e. The molecule has 3 N–H and O–H groups in total. The minimum Gasteiger partial charge on any atom is -0.465 e. The minimum absolute atomic E-state index is 0.146. The van der Waals surface area contributed by atoms with Crippen molar-refractivity contribution in [1.82, 2.24) is 10.6 Å². The highest BCUT2D eigenvalue weighted by Gasteiger charge is 2.35. The van der Waals surface area contributed by atoms with Gasteiger partial charge in [-0.3, -0.25) is 0 Å². The van der Waals surface area contributed by atoms with Gasteiger partial charge < -0.3 is 10.4 Å². The molecule has 0 spiro atoms. The number of benzene rings is 1. The molecule has 1 atom stereocenters. The molecule has 96 valence electrons. The molecule has 1 aromatic carbocycles. The first-order valence-corrected chi connectivity index (χ1v) is 5.70. The number of nitrogens with zero attached hydrogens (tertiary/aromatic N) is 2. The summed E-state index contributed by atoms with van der Waals surface area (Å²) >= 11 is 0. The Hall–Kier alpha value is -2.08. The standard InChI is InChI=1S/C12H16N4O2/c1-13-11-15(2)8-16(11)10-5-3-4-9(6-10)7-14-12(17)18/h3-6,8,11,13-14H,7H2,1-2H3/p+1. The first-order chi connectivity index (χ1) is 8.61. The molecule has 0 saturated carbocycles. The third-order valence-electron chi connectivity index (χ3n) is 2.87. The summed E-state index contributed by atoms with van der Waals surface area (Å²) in [5.74, 6) is 0. The lowest BCUT2D eigenvalue weighted by molar-refractivity contribution is -0.563. The summed E-state index contributed by atoms with van der Waals surface area (Å²) in [7, 11) is 3.89. The molecule has 2 rings (SSSR count). The SMILES string of the molecule is CNC1N(c2cccc(CNC(=O)O)c2)C=[N+]1C. The molecule has 0 aliphatic carbocycles. The summed E-state index contributed by atoms with van der Waals surface area (Å²) in [4.78, 5) is 12.5. The molecule has 0 radical (unpaired) electrons. The molecule has 1 unspecified atom stereocenters. The zero-order valence-electron chi connectivity index (χ0n) is 10.4. The van der Waals surface area contributed by atoms with Crippen LogP contribution in [0.1, 0.15) is 5.56 Å². The number of carbonyl (C=O) groups is 1. The van der Waals surface area contributed by atoms with Crippen molar-refractivity contribution in [2.24, 2.45) is 0 Å². The molecule has 1 heterocycles. The van der Waals surface area contributed by atoms with Crippen molar-refractivity contribution < 1.29 is 14.5 Å². The number of carboxylic acid groups (broad SMARTS) is 1. The van der Waals surface area contributed by atoms with Crippen molar-refractivity contribution in [3.63, 3.8) is 0 Å². The van der Waals surface area contributed by atoms with E-state index in [0.29, 0.717) is 6.54 Å². The average Bonchev–Trinajstić information content (AvgIpc) is 2.34. The predicted molar refractivity (Wildman–Crippen MR) is 68.9 cm³/mol. The highest BCUT2D eigenvalue weighted by atomic mass is 16.4. The lowest BCUT2D eigenvalue weighted by Gasteiger charge is -2.30. The second-order valence-electron chi connectivity index (χ2n) is 4.18. The number of hydrogen-bond acceptors (Lipinski definition) is 3. The molecule has 0 aromatic heterocycles. The van der Waals surface area contributed by atoms with Gasteiger partial charge in [-0.15, -0.1) is 0 Å². The van der Waals surface area contributed by atoms with E-state index >= 15 is 0 Å². The smallest absolute Gasteiger partial charge is 0.404 e. The van der Waals surface area contributed by atoms with Gasteiger partial charge in [-0.1, -0.05) is 12.1 Å². The molecule has 1 aromatic rings. The maximum Gasteiger partial charge on any atom is 0.404 e. The molecule has 18 heavy (non-hydrogen) atoms. The number of amides is 1. The maximum absolute atomic E-state index is 10.5. The van der Waals surface area contributed by atoms with Crippen LogP contribution in [0.3, 0.4) is 0 Å². The van der Waals surface area contributed by atoms with Crippen LogP contribution >= 0.6 is 0 Å². The Balaban J connectivity index is 2.11. The number of anilines is 1. The Morgan fingerprint density at radius 3 is 2.94 bits per heavy atom. The van der Waals surface area contributed by atoms with Gasteiger partial charge in [0.1, 0.15) is 5.69 Å². The fourth-order valence-corrected chi connectivity index (χ4v) is 2.00. The molecule has 0 bridgehead atoms. The van der Waals surface area contributed by atoms with Gasteiger partial charge in [0.2, 0.25) is 6.34 Å². The summed E-state index contributed by atoms with van der Waals surface area (Å²) in [6.45, 7) is 0.317. The summed E-state index contributed by atoms with van der Waals surface area (Å²) in [6.07, 6.45) is 1.13. The molecular formula is C12H17N4O2+. The van der Waals surface area contributed by atoms with E-state index in [1.807, 2.05) is 44.7 Å². The van der Waals surface area contributed by atoms with Gasteiger partial charge in [0.05, 0.1) is 7.05 Å². The van der Waals surface area contributed by atoms with Crippen LogP contribution in [0.15, 0.2) is 24.3 Å². The fourth-order valence-electron chi connectivity index (χ4n) is 2.00. The zero-order chi connectivity index (χ0) is 13.1. The van der Waals surface area contributed by atoms with E-state index in [1.54, 1.807) is 0 Å². The van der Waals surface area contributed by atoms with Gasteiger partial charge in [0, 0.05) is 6.54 Å². The van der Waals surface area contributed by atoms with Crippen LogP contribution in [0.4, 0.5) is 10.5 Å². The van der Waals surface area contributed by atoms with Crippen molar-refractivity contribution in [3.8, 4) is 0 Å². The second-order valence-corrected chi connectivity index (χ2v) is 4.18. The topological polar surface area (TPSA) is 67.6 Å². The van der Waals surface area contributed by atoms with Crippen LogP contribution in [-0.4, -0.2) is 42.5 Å². The van der Waals surface area contributed by atoms with Crippen LogP contribution < -0.4 is 15.5 Å². The number of nitrogens with one attached hydrogen (secondary N) is 2. The summed E-state index contributed by atoms with van der Waals surface area (Å²) in [5, 5.41) is 14.1. The molecule has 1 aliphatic rings. The normalized spacial score (nSPS) is 18.0. The van der Waals surface area contributed by atoms with Crippen molar-refractivity contribution >= 4 is 18.1 Å². The Bertz CT molecular complexity index is 487.